The van der Waals surface area contributed by atoms with Gasteiger partial charge in [0.05, 0.1) is 34.4 Å². The summed E-state index contributed by atoms with van der Waals surface area (Å²) in [6, 6.07) is 0. The van der Waals surface area contributed by atoms with Crippen molar-refractivity contribution in [1.29, 1.82) is 0 Å². The molecule has 2 unspecified atom stereocenters. The number of nitrogens with zero attached hydrogens (tertiary/aromatic N) is 1. The van der Waals surface area contributed by atoms with Crippen molar-refractivity contribution in [3.63, 3.8) is 0 Å². The summed E-state index contributed by atoms with van der Waals surface area (Å²) in [4.78, 5) is 25.2. The molecule has 0 saturated carbocycles. The highest BCUT2D eigenvalue weighted by Crippen LogP contribution is 2.38. The summed E-state index contributed by atoms with van der Waals surface area (Å²) in [5.41, 5.74) is 0. The van der Waals surface area contributed by atoms with E-state index in [0.717, 1.165) is 57.8 Å². The average molecular weight is 924 g/mol. The van der Waals surface area contributed by atoms with Crippen LogP contribution in [0.3, 0.4) is 0 Å². The van der Waals surface area contributed by atoms with Gasteiger partial charge >= 0.3 is 5.97 Å². The highest BCUT2D eigenvalue weighted by atomic mass is 31.2. The second-order valence-corrected chi connectivity index (χ2v) is 21.0. The fourth-order valence-corrected chi connectivity index (χ4v) is 8.46. The Morgan fingerprint density at radius 3 is 1.28 bits per heavy atom. The topological polar surface area (TPSA) is 94.1 Å². The molecule has 0 heterocycles. The molecule has 0 aliphatic heterocycles. The number of hydrogen-bond donors (Lipinski definition) is 0. The largest absolute Gasteiger partial charge is 0.756 e. The molecular weight excluding hydrogens is 818 g/mol. The number of carbonyl (C=O) groups is 1. The number of carbonyl (C=O) groups excluding carboxylic acids is 1. The lowest BCUT2D eigenvalue weighted by Crippen LogP contribution is -2.37. The first kappa shape index (κ1) is 62.7. The van der Waals surface area contributed by atoms with E-state index in [0.29, 0.717) is 24.1 Å². The van der Waals surface area contributed by atoms with Crippen LogP contribution in [0.4, 0.5) is 0 Å². The number of rotatable bonds is 51. The fraction of sp³-hybridized carbons (Fsp3) is 0.873. The van der Waals surface area contributed by atoms with Gasteiger partial charge < -0.3 is 27.9 Å². The van der Waals surface area contributed by atoms with Crippen LogP contribution in [-0.4, -0.2) is 70.7 Å². The summed E-state index contributed by atoms with van der Waals surface area (Å²) < 4.78 is 34.8. The first-order valence-electron chi connectivity index (χ1n) is 27.2. The maximum absolute atomic E-state index is 12.8. The van der Waals surface area contributed by atoms with E-state index in [1.54, 1.807) is 0 Å². The molecule has 0 aromatic carbocycles. The summed E-state index contributed by atoms with van der Waals surface area (Å²) in [6.45, 7) is 5.43. The second-order valence-electron chi connectivity index (χ2n) is 19.6. The van der Waals surface area contributed by atoms with E-state index >= 15 is 0 Å². The molecule has 0 radical (unpaired) electrons. The van der Waals surface area contributed by atoms with Crippen molar-refractivity contribution in [3.8, 4) is 0 Å². The highest BCUT2D eigenvalue weighted by Gasteiger charge is 2.20. The van der Waals surface area contributed by atoms with Crippen molar-refractivity contribution in [2.75, 3.05) is 54.1 Å². The lowest BCUT2D eigenvalue weighted by Gasteiger charge is -2.28. The van der Waals surface area contributed by atoms with E-state index in [2.05, 4.69) is 50.3 Å². The number of unbranched alkanes of at least 4 members (excludes halogenated alkanes) is 31. The second kappa shape index (κ2) is 48.2. The van der Waals surface area contributed by atoms with Crippen molar-refractivity contribution >= 4 is 13.8 Å². The molecule has 0 aliphatic rings. The molecule has 0 saturated heterocycles. The lowest BCUT2D eigenvalue weighted by atomic mass is 10.0. The van der Waals surface area contributed by atoms with Crippen molar-refractivity contribution in [1.82, 2.24) is 0 Å². The van der Waals surface area contributed by atoms with Crippen molar-refractivity contribution < 1.29 is 37.3 Å². The smallest absolute Gasteiger partial charge is 0.306 e. The van der Waals surface area contributed by atoms with Gasteiger partial charge in [-0.3, -0.25) is 9.36 Å². The number of phosphoric ester groups is 1. The molecular formula is C55H106NO7P. The van der Waals surface area contributed by atoms with E-state index in [-0.39, 0.29) is 25.8 Å². The van der Waals surface area contributed by atoms with Gasteiger partial charge in [-0.1, -0.05) is 230 Å². The Kier molecular flexibility index (Phi) is 47.2. The van der Waals surface area contributed by atoms with Gasteiger partial charge in [-0.05, 0) is 51.4 Å². The van der Waals surface area contributed by atoms with Gasteiger partial charge in [0.2, 0.25) is 0 Å². The van der Waals surface area contributed by atoms with Crippen LogP contribution in [0.5, 0.6) is 0 Å². The van der Waals surface area contributed by atoms with Crippen LogP contribution in [-0.2, 0) is 27.9 Å². The molecule has 64 heavy (non-hydrogen) atoms. The Morgan fingerprint density at radius 1 is 0.484 bits per heavy atom. The number of phosphoric acid groups is 1. The molecule has 0 aromatic heterocycles. The minimum absolute atomic E-state index is 0.0245. The summed E-state index contributed by atoms with van der Waals surface area (Å²) in [5, 5.41) is 0. The number of hydrogen-bond acceptors (Lipinski definition) is 7. The zero-order valence-corrected chi connectivity index (χ0v) is 43.9. The number of quaternary nitrogens is 1. The zero-order chi connectivity index (χ0) is 46.9. The van der Waals surface area contributed by atoms with Gasteiger partial charge in [0.25, 0.3) is 7.82 Å². The standard InChI is InChI=1S/C55H106NO7P/c1-6-8-10-12-14-16-18-20-22-24-26-28-30-32-34-36-38-40-42-44-46-48-55(57)63-54(53-62-64(58,59)61-51-49-56(3,4)5)52-60-50-47-45-43-41-39-37-35-33-31-29-27-25-23-21-19-17-15-13-11-9-7-2/h18,20,24,26,30,32,54H,6-17,19,21-23,25,27-29,31,33-53H2,1-5H3/b20-18-,26-24-,32-30-. The summed E-state index contributed by atoms with van der Waals surface area (Å²) in [5.74, 6) is -0.342. The van der Waals surface area contributed by atoms with Gasteiger partial charge in [0.15, 0.2) is 0 Å². The van der Waals surface area contributed by atoms with Gasteiger partial charge in [-0.2, -0.15) is 0 Å². The molecule has 9 heteroatoms. The third-order valence-corrected chi connectivity index (χ3v) is 12.9. The molecule has 2 atom stereocenters. The third kappa shape index (κ3) is 51.7. The normalized spacial score (nSPS) is 13.8. The Bertz CT molecular complexity index is 1120. The van der Waals surface area contributed by atoms with Gasteiger partial charge in [0.1, 0.15) is 19.3 Å². The van der Waals surface area contributed by atoms with E-state index in [9.17, 15) is 14.3 Å². The van der Waals surface area contributed by atoms with Crippen LogP contribution in [0, 0.1) is 0 Å². The summed E-state index contributed by atoms with van der Waals surface area (Å²) >= 11 is 0. The molecule has 0 spiro atoms. The van der Waals surface area contributed by atoms with E-state index in [4.69, 9.17) is 18.5 Å². The molecule has 0 bridgehead atoms. The first-order valence-corrected chi connectivity index (χ1v) is 28.7. The van der Waals surface area contributed by atoms with Crippen LogP contribution in [0.15, 0.2) is 36.5 Å². The summed E-state index contributed by atoms with van der Waals surface area (Å²) in [6.07, 6.45) is 58.9. The molecule has 0 aliphatic carbocycles. The zero-order valence-electron chi connectivity index (χ0n) is 43.0. The first-order chi connectivity index (χ1) is 31.1. The highest BCUT2D eigenvalue weighted by molar-refractivity contribution is 7.45. The SMILES string of the molecule is CCCCCCC/C=C\C/C=C\C/C=C\CCCCCCCCC(=O)OC(COCCCCCCCCCCCCCCCCCCCCCCC)COP(=O)([O-])OCC[N+](C)(C)C. The van der Waals surface area contributed by atoms with Crippen molar-refractivity contribution in [2.45, 2.75) is 258 Å². The molecule has 8 nitrogen and oxygen atoms in total. The van der Waals surface area contributed by atoms with E-state index in [1.165, 1.54) is 173 Å². The third-order valence-electron chi connectivity index (χ3n) is 11.9. The van der Waals surface area contributed by atoms with Gasteiger partial charge in [0, 0.05) is 13.0 Å². The monoisotopic (exact) mass is 924 g/mol. The molecule has 0 amide bonds. The van der Waals surface area contributed by atoms with E-state index in [1.807, 2.05) is 21.1 Å². The molecule has 378 valence electrons. The van der Waals surface area contributed by atoms with Crippen LogP contribution < -0.4 is 4.89 Å². The lowest BCUT2D eigenvalue weighted by molar-refractivity contribution is -0.870. The maximum Gasteiger partial charge on any atom is 0.306 e. The maximum atomic E-state index is 12.8. The molecule has 0 aromatic rings. The minimum atomic E-state index is -4.53. The fourth-order valence-electron chi connectivity index (χ4n) is 7.73. The number of likely N-dealkylation sites (N-methyl/N-ethyl adjacent to an activating group) is 1. The van der Waals surface area contributed by atoms with Crippen LogP contribution in [0.2, 0.25) is 0 Å². The van der Waals surface area contributed by atoms with Gasteiger partial charge in [-0.15, -0.1) is 0 Å². The average Bonchev–Trinajstić information content (AvgIpc) is 3.25. The summed E-state index contributed by atoms with van der Waals surface area (Å²) in [7, 11) is 1.36. The Hall–Kier alpha value is -1.28. The molecule has 0 N–H and O–H groups in total. The van der Waals surface area contributed by atoms with Crippen LogP contribution >= 0.6 is 7.82 Å². The quantitative estimate of drug-likeness (QED) is 0.0197. The Balaban J connectivity index is 4.12. The Morgan fingerprint density at radius 2 is 0.859 bits per heavy atom. The van der Waals surface area contributed by atoms with Crippen LogP contribution in [0.1, 0.15) is 251 Å². The van der Waals surface area contributed by atoms with Crippen LogP contribution in [0.25, 0.3) is 0 Å². The predicted octanol–water partition coefficient (Wildman–Crippen LogP) is 16.3. The predicted molar refractivity (Wildman–Crippen MR) is 273 cm³/mol. The van der Waals surface area contributed by atoms with Crippen molar-refractivity contribution in [3.05, 3.63) is 36.5 Å². The molecule has 0 fully saturated rings. The number of ether oxygens (including phenoxy) is 2. The van der Waals surface area contributed by atoms with Gasteiger partial charge in [-0.25, -0.2) is 0 Å². The minimum Gasteiger partial charge on any atom is -0.756 e. The van der Waals surface area contributed by atoms with Crippen molar-refractivity contribution in [2.24, 2.45) is 0 Å². The number of allylic oxidation sites excluding steroid dienone is 6. The van der Waals surface area contributed by atoms with E-state index < -0.39 is 13.9 Å². The molecule has 0 rings (SSSR count). The number of esters is 1. The Labute approximate surface area is 397 Å².